The molecule has 124 valence electrons. The van der Waals surface area contributed by atoms with Crippen LogP contribution in [0.25, 0.3) is 6.08 Å². The lowest BCUT2D eigenvalue weighted by Gasteiger charge is -2.24. The second kappa shape index (κ2) is 7.25. The van der Waals surface area contributed by atoms with Crippen molar-refractivity contribution in [2.75, 3.05) is 25.5 Å². The molecule has 1 aliphatic rings. The number of amides is 1. The first-order valence-corrected chi connectivity index (χ1v) is 8.17. The molecule has 0 spiro atoms. The molecule has 0 bridgehead atoms. The number of hydrogen-bond donors (Lipinski definition) is 0. The van der Waals surface area contributed by atoms with E-state index in [1.807, 2.05) is 54.4 Å². The fourth-order valence-electron chi connectivity index (χ4n) is 3.00. The monoisotopic (exact) mass is 322 g/mol. The molecule has 3 rings (SSSR count). The summed E-state index contributed by atoms with van der Waals surface area (Å²) in [7, 11) is 3.95. The molecule has 5 nitrogen and oxygen atoms in total. The zero-order chi connectivity index (χ0) is 16.9. The standard InChI is InChI=1S/C19H22N4O/c1-22(2)18-14-16(9-12-21-18)17-4-3-13-23(17)19(24)6-5-15-7-10-20-11-8-15/h5-12,14,17H,3-4,13H2,1-2H3/b6-5+. The molecular weight excluding hydrogens is 300 g/mol. The Kier molecular flexibility index (Phi) is 4.89. The van der Waals surface area contributed by atoms with Gasteiger partial charge in [-0.3, -0.25) is 9.78 Å². The Balaban J connectivity index is 1.76. The Morgan fingerprint density at radius 3 is 2.79 bits per heavy atom. The first kappa shape index (κ1) is 16.2. The number of likely N-dealkylation sites (tertiary alicyclic amines) is 1. The van der Waals surface area contributed by atoms with Gasteiger partial charge < -0.3 is 9.80 Å². The molecule has 1 fully saturated rings. The number of pyridine rings is 2. The Hall–Kier alpha value is -2.69. The van der Waals surface area contributed by atoms with Crippen molar-refractivity contribution in [3.8, 4) is 0 Å². The molecule has 1 amide bonds. The third kappa shape index (κ3) is 3.62. The molecule has 5 heteroatoms. The maximum atomic E-state index is 12.6. The van der Waals surface area contributed by atoms with Crippen LogP contribution in [0, 0.1) is 0 Å². The molecule has 24 heavy (non-hydrogen) atoms. The van der Waals surface area contributed by atoms with Crippen molar-refractivity contribution in [2.24, 2.45) is 0 Å². The lowest BCUT2D eigenvalue weighted by Crippen LogP contribution is -2.29. The van der Waals surface area contributed by atoms with Crippen LogP contribution in [0.15, 0.2) is 48.9 Å². The molecular formula is C19H22N4O. The lowest BCUT2D eigenvalue weighted by molar-refractivity contribution is -0.126. The predicted octanol–water partition coefficient (Wildman–Crippen LogP) is 2.92. The van der Waals surface area contributed by atoms with Crippen LogP contribution in [0.2, 0.25) is 0 Å². The summed E-state index contributed by atoms with van der Waals surface area (Å²) in [5.41, 5.74) is 2.13. The largest absolute Gasteiger partial charge is 0.363 e. The molecule has 1 atom stereocenters. The van der Waals surface area contributed by atoms with Crippen molar-refractivity contribution < 1.29 is 4.79 Å². The van der Waals surface area contributed by atoms with E-state index in [9.17, 15) is 4.79 Å². The highest BCUT2D eigenvalue weighted by atomic mass is 16.2. The summed E-state index contributed by atoms with van der Waals surface area (Å²) in [6, 6.07) is 7.98. The minimum atomic E-state index is 0.0533. The highest BCUT2D eigenvalue weighted by Gasteiger charge is 2.29. The SMILES string of the molecule is CN(C)c1cc(C2CCCN2C(=O)/C=C/c2ccncc2)ccn1. The maximum Gasteiger partial charge on any atom is 0.247 e. The van der Waals surface area contributed by atoms with Gasteiger partial charge in [-0.1, -0.05) is 0 Å². The highest BCUT2D eigenvalue weighted by molar-refractivity contribution is 5.92. The zero-order valence-corrected chi connectivity index (χ0v) is 14.1. The third-order valence-electron chi connectivity index (χ3n) is 4.27. The van der Waals surface area contributed by atoms with E-state index in [1.54, 1.807) is 18.5 Å². The molecule has 2 aromatic heterocycles. The van der Waals surface area contributed by atoms with E-state index in [0.717, 1.165) is 36.3 Å². The van der Waals surface area contributed by atoms with Crippen LogP contribution in [-0.2, 0) is 4.79 Å². The van der Waals surface area contributed by atoms with Crippen molar-refractivity contribution in [2.45, 2.75) is 18.9 Å². The van der Waals surface area contributed by atoms with Gasteiger partial charge in [-0.15, -0.1) is 0 Å². The minimum absolute atomic E-state index is 0.0533. The van der Waals surface area contributed by atoms with Crippen LogP contribution in [0.4, 0.5) is 5.82 Å². The Morgan fingerprint density at radius 2 is 2.04 bits per heavy atom. The van der Waals surface area contributed by atoms with Crippen LogP contribution >= 0.6 is 0 Å². The lowest BCUT2D eigenvalue weighted by atomic mass is 10.1. The summed E-state index contributed by atoms with van der Waals surface area (Å²) in [6.07, 6.45) is 10.8. The van der Waals surface area contributed by atoms with Gasteiger partial charge in [0, 0.05) is 45.3 Å². The quantitative estimate of drug-likeness (QED) is 0.812. The molecule has 1 saturated heterocycles. The van der Waals surface area contributed by atoms with Crippen LogP contribution < -0.4 is 4.90 Å². The summed E-state index contributed by atoms with van der Waals surface area (Å²) in [6.45, 7) is 0.795. The van der Waals surface area contributed by atoms with Crippen molar-refractivity contribution in [3.63, 3.8) is 0 Å². The van der Waals surface area contributed by atoms with E-state index in [-0.39, 0.29) is 11.9 Å². The minimum Gasteiger partial charge on any atom is -0.363 e. The molecule has 0 radical (unpaired) electrons. The number of nitrogens with zero attached hydrogens (tertiary/aromatic N) is 4. The van der Waals surface area contributed by atoms with Crippen LogP contribution in [0.1, 0.15) is 30.0 Å². The second-order valence-corrected chi connectivity index (χ2v) is 6.15. The normalized spacial score (nSPS) is 17.4. The van der Waals surface area contributed by atoms with E-state index in [2.05, 4.69) is 16.0 Å². The van der Waals surface area contributed by atoms with Crippen LogP contribution in [0.5, 0.6) is 0 Å². The highest BCUT2D eigenvalue weighted by Crippen LogP contribution is 2.33. The molecule has 0 aliphatic carbocycles. The van der Waals surface area contributed by atoms with Crippen molar-refractivity contribution >= 4 is 17.8 Å². The number of anilines is 1. The summed E-state index contributed by atoms with van der Waals surface area (Å²) < 4.78 is 0. The molecule has 2 aromatic rings. The van der Waals surface area contributed by atoms with Gasteiger partial charge in [-0.05, 0) is 54.3 Å². The fraction of sp³-hybridized carbons (Fsp3) is 0.316. The summed E-state index contributed by atoms with van der Waals surface area (Å²) in [5.74, 6) is 0.969. The van der Waals surface area contributed by atoms with Crippen LogP contribution in [-0.4, -0.2) is 41.4 Å². The molecule has 0 N–H and O–H groups in total. The molecule has 3 heterocycles. The first-order chi connectivity index (χ1) is 11.6. The van der Waals surface area contributed by atoms with E-state index < -0.39 is 0 Å². The van der Waals surface area contributed by atoms with E-state index in [1.165, 1.54) is 0 Å². The predicted molar refractivity (Wildman–Crippen MR) is 95.5 cm³/mol. The summed E-state index contributed by atoms with van der Waals surface area (Å²) in [5, 5.41) is 0. The van der Waals surface area contributed by atoms with Gasteiger partial charge in [-0.2, -0.15) is 0 Å². The second-order valence-electron chi connectivity index (χ2n) is 6.15. The maximum absolute atomic E-state index is 12.6. The third-order valence-corrected chi connectivity index (χ3v) is 4.27. The zero-order valence-electron chi connectivity index (χ0n) is 14.1. The van der Waals surface area contributed by atoms with Gasteiger partial charge in [0.2, 0.25) is 5.91 Å². The molecule has 1 aliphatic heterocycles. The number of carbonyl (C=O) groups excluding carboxylic acids is 1. The number of rotatable bonds is 4. The molecule has 1 unspecified atom stereocenters. The van der Waals surface area contributed by atoms with Gasteiger partial charge in [-0.25, -0.2) is 4.98 Å². The van der Waals surface area contributed by atoms with Crippen LogP contribution in [0.3, 0.4) is 0 Å². The number of hydrogen-bond acceptors (Lipinski definition) is 4. The average Bonchev–Trinajstić information content (AvgIpc) is 3.10. The van der Waals surface area contributed by atoms with E-state index in [0.29, 0.717) is 0 Å². The van der Waals surface area contributed by atoms with Crippen molar-refractivity contribution in [1.29, 1.82) is 0 Å². The Morgan fingerprint density at radius 1 is 1.25 bits per heavy atom. The summed E-state index contributed by atoms with van der Waals surface area (Å²) in [4.78, 5) is 24.9. The Labute approximate surface area is 142 Å². The fourth-order valence-corrected chi connectivity index (χ4v) is 3.00. The van der Waals surface area contributed by atoms with Gasteiger partial charge in [0.15, 0.2) is 0 Å². The van der Waals surface area contributed by atoms with Gasteiger partial charge in [0.05, 0.1) is 6.04 Å². The number of carbonyl (C=O) groups is 1. The number of aromatic nitrogens is 2. The smallest absolute Gasteiger partial charge is 0.247 e. The van der Waals surface area contributed by atoms with Gasteiger partial charge in [0.25, 0.3) is 0 Å². The van der Waals surface area contributed by atoms with Gasteiger partial charge >= 0.3 is 0 Å². The average molecular weight is 322 g/mol. The van der Waals surface area contributed by atoms with E-state index >= 15 is 0 Å². The molecule has 0 saturated carbocycles. The van der Waals surface area contributed by atoms with Crippen molar-refractivity contribution in [3.05, 3.63) is 60.1 Å². The van der Waals surface area contributed by atoms with Gasteiger partial charge in [0.1, 0.15) is 5.82 Å². The summed E-state index contributed by atoms with van der Waals surface area (Å²) >= 11 is 0. The van der Waals surface area contributed by atoms with E-state index in [4.69, 9.17) is 0 Å². The molecule has 0 aromatic carbocycles. The Bertz CT molecular complexity index is 727. The topological polar surface area (TPSA) is 49.3 Å². The first-order valence-electron chi connectivity index (χ1n) is 8.17. The van der Waals surface area contributed by atoms with Crippen molar-refractivity contribution in [1.82, 2.24) is 14.9 Å².